The minimum Gasteiger partial charge on any atom is -0.465 e. The largest absolute Gasteiger partial charge is 0.465 e. The Labute approximate surface area is 99.6 Å². The molecule has 4 nitrogen and oxygen atoms in total. The molecule has 0 aliphatic carbocycles. The zero-order valence-electron chi connectivity index (χ0n) is 9.11. The number of aromatic nitrogens is 1. The average molecular weight is 243 g/mol. The van der Waals surface area contributed by atoms with Gasteiger partial charge < -0.3 is 10.4 Å². The minimum atomic E-state index is -0.980. The van der Waals surface area contributed by atoms with E-state index in [1.54, 1.807) is 6.20 Å². The van der Waals surface area contributed by atoms with Gasteiger partial charge in [-0.25, -0.2) is 9.78 Å². The van der Waals surface area contributed by atoms with Gasteiger partial charge >= 0.3 is 6.09 Å². The van der Waals surface area contributed by atoms with Gasteiger partial charge in [-0.05, 0) is 30.0 Å². The van der Waals surface area contributed by atoms with Crippen molar-refractivity contribution in [3.63, 3.8) is 0 Å². The summed E-state index contributed by atoms with van der Waals surface area (Å²) in [4.78, 5) is 14.3. The fraction of sp³-hybridized carbons (Fsp3) is 0.455. The maximum absolute atomic E-state index is 10.4. The number of pyridine rings is 1. The summed E-state index contributed by atoms with van der Waals surface area (Å²) in [5.74, 6) is 0.287. The van der Waals surface area contributed by atoms with Gasteiger partial charge in [-0.1, -0.05) is 24.9 Å². The molecule has 1 unspecified atom stereocenters. The van der Waals surface area contributed by atoms with Crippen LogP contribution in [0.4, 0.5) is 4.79 Å². The highest BCUT2D eigenvalue weighted by Gasteiger charge is 2.09. The summed E-state index contributed by atoms with van der Waals surface area (Å²) in [6.07, 6.45) is 2.40. The van der Waals surface area contributed by atoms with Crippen molar-refractivity contribution >= 4 is 17.7 Å². The first-order valence-corrected chi connectivity index (χ1v) is 5.56. The molecule has 1 heterocycles. The first kappa shape index (κ1) is 12.8. The Morgan fingerprint density at radius 1 is 1.69 bits per heavy atom. The highest BCUT2D eigenvalue weighted by molar-refractivity contribution is 6.29. The highest BCUT2D eigenvalue weighted by atomic mass is 35.5. The summed E-state index contributed by atoms with van der Waals surface area (Å²) < 4.78 is 0. The van der Waals surface area contributed by atoms with Crippen LogP contribution in [0.15, 0.2) is 18.3 Å². The Bertz CT molecular complexity index is 358. The van der Waals surface area contributed by atoms with Crippen molar-refractivity contribution in [3.8, 4) is 0 Å². The minimum absolute atomic E-state index is 0.287. The lowest BCUT2D eigenvalue weighted by Gasteiger charge is -2.14. The molecule has 0 fully saturated rings. The lowest BCUT2D eigenvalue weighted by Crippen LogP contribution is -2.28. The number of carbonyl (C=O) groups is 1. The Hall–Kier alpha value is -1.29. The molecule has 0 aromatic carbocycles. The number of nitrogens with zero attached hydrogens (tertiary/aromatic N) is 1. The number of rotatable bonds is 5. The summed E-state index contributed by atoms with van der Waals surface area (Å²) in [7, 11) is 0. The second kappa shape index (κ2) is 6.33. The van der Waals surface area contributed by atoms with Gasteiger partial charge in [0.25, 0.3) is 0 Å². The van der Waals surface area contributed by atoms with E-state index in [4.69, 9.17) is 16.7 Å². The van der Waals surface area contributed by atoms with Crippen LogP contribution in [0.2, 0.25) is 5.15 Å². The molecular formula is C11H15ClN2O2. The van der Waals surface area contributed by atoms with Crippen molar-refractivity contribution in [1.82, 2.24) is 10.3 Å². The second-order valence-corrected chi connectivity index (χ2v) is 4.04. The van der Waals surface area contributed by atoms with Crippen molar-refractivity contribution < 1.29 is 9.90 Å². The van der Waals surface area contributed by atoms with Gasteiger partial charge in [-0.15, -0.1) is 0 Å². The van der Waals surface area contributed by atoms with Gasteiger partial charge in [0.1, 0.15) is 5.15 Å². The third kappa shape index (κ3) is 4.49. The van der Waals surface area contributed by atoms with Crippen LogP contribution in [0.25, 0.3) is 0 Å². The standard InChI is InChI=1S/C11H15ClN2O2/c1-2-8(7-14-11(15)16)5-9-3-4-13-10(12)6-9/h3-4,6,8,14H,2,5,7H2,1H3,(H,15,16). The van der Waals surface area contributed by atoms with Crippen molar-refractivity contribution in [1.29, 1.82) is 0 Å². The number of amides is 1. The molecule has 1 rings (SSSR count). The van der Waals surface area contributed by atoms with E-state index in [1.165, 1.54) is 0 Å². The molecular weight excluding hydrogens is 228 g/mol. The van der Waals surface area contributed by atoms with Gasteiger partial charge in [0, 0.05) is 12.7 Å². The third-order valence-electron chi connectivity index (χ3n) is 2.43. The van der Waals surface area contributed by atoms with E-state index in [2.05, 4.69) is 10.3 Å². The fourth-order valence-electron chi connectivity index (χ4n) is 1.50. The van der Waals surface area contributed by atoms with Crippen LogP contribution in [0, 0.1) is 5.92 Å². The van der Waals surface area contributed by atoms with Crippen LogP contribution in [0.5, 0.6) is 0 Å². The second-order valence-electron chi connectivity index (χ2n) is 3.65. The van der Waals surface area contributed by atoms with E-state index in [0.717, 1.165) is 18.4 Å². The van der Waals surface area contributed by atoms with Crippen LogP contribution in [0.3, 0.4) is 0 Å². The maximum atomic E-state index is 10.4. The van der Waals surface area contributed by atoms with Gasteiger partial charge in [-0.2, -0.15) is 0 Å². The summed E-state index contributed by atoms with van der Waals surface area (Å²) in [5.41, 5.74) is 1.08. The molecule has 0 aliphatic rings. The number of hydrogen-bond donors (Lipinski definition) is 2. The van der Waals surface area contributed by atoms with Crippen LogP contribution >= 0.6 is 11.6 Å². The predicted octanol–water partition coefficient (Wildman–Crippen LogP) is 2.57. The van der Waals surface area contributed by atoms with E-state index >= 15 is 0 Å². The smallest absolute Gasteiger partial charge is 0.404 e. The molecule has 0 bridgehead atoms. The predicted molar refractivity (Wildman–Crippen MR) is 62.8 cm³/mol. The first-order valence-electron chi connectivity index (χ1n) is 5.19. The molecule has 0 spiro atoms. The SMILES string of the molecule is CCC(CNC(=O)O)Cc1ccnc(Cl)c1. The molecule has 0 saturated carbocycles. The lowest BCUT2D eigenvalue weighted by molar-refractivity contribution is 0.192. The van der Waals surface area contributed by atoms with Gasteiger partial charge in [0.2, 0.25) is 0 Å². The van der Waals surface area contributed by atoms with Crippen molar-refractivity contribution in [2.75, 3.05) is 6.54 Å². The van der Waals surface area contributed by atoms with Gasteiger partial charge in [-0.3, -0.25) is 0 Å². The Balaban J connectivity index is 2.52. The molecule has 0 aliphatic heterocycles. The molecule has 1 aromatic heterocycles. The molecule has 5 heteroatoms. The third-order valence-corrected chi connectivity index (χ3v) is 2.64. The van der Waals surface area contributed by atoms with Crippen LogP contribution < -0.4 is 5.32 Å². The zero-order valence-corrected chi connectivity index (χ0v) is 9.87. The summed E-state index contributed by atoms with van der Waals surface area (Å²) in [6.45, 7) is 2.50. The fourth-order valence-corrected chi connectivity index (χ4v) is 1.69. The molecule has 88 valence electrons. The van der Waals surface area contributed by atoms with E-state index in [0.29, 0.717) is 11.7 Å². The molecule has 1 aromatic rings. The summed E-state index contributed by atoms with van der Waals surface area (Å²) in [5, 5.41) is 11.4. The summed E-state index contributed by atoms with van der Waals surface area (Å²) >= 11 is 5.78. The van der Waals surface area contributed by atoms with Gasteiger partial charge in [0.05, 0.1) is 0 Å². The van der Waals surface area contributed by atoms with E-state index < -0.39 is 6.09 Å². The zero-order chi connectivity index (χ0) is 12.0. The van der Waals surface area contributed by atoms with E-state index in [-0.39, 0.29) is 5.92 Å². The Kier molecular flexibility index (Phi) is 5.05. The lowest BCUT2D eigenvalue weighted by atomic mass is 9.97. The van der Waals surface area contributed by atoms with E-state index in [9.17, 15) is 4.79 Å². The number of halogens is 1. The van der Waals surface area contributed by atoms with Crippen LogP contribution in [0.1, 0.15) is 18.9 Å². The number of hydrogen-bond acceptors (Lipinski definition) is 2. The average Bonchev–Trinajstić information content (AvgIpc) is 2.24. The van der Waals surface area contributed by atoms with Crippen LogP contribution in [-0.2, 0) is 6.42 Å². The topological polar surface area (TPSA) is 62.2 Å². The monoisotopic (exact) mass is 242 g/mol. The molecule has 1 atom stereocenters. The highest BCUT2D eigenvalue weighted by Crippen LogP contribution is 2.14. The molecule has 1 amide bonds. The normalized spacial score (nSPS) is 12.1. The van der Waals surface area contributed by atoms with Gasteiger partial charge in [0.15, 0.2) is 0 Å². The molecule has 16 heavy (non-hydrogen) atoms. The molecule has 0 radical (unpaired) electrons. The first-order chi connectivity index (χ1) is 7.61. The van der Waals surface area contributed by atoms with Crippen molar-refractivity contribution in [3.05, 3.63) is 29.0 Å². The van der Waals surface area contributed by atoms with Crippen molar-refractivity contribution in [2.24, 2.45) is 5.92 Å². The maximum Gasteiger partial charge on any atom is 0.404 e. The molecule has 2 N–H and O–H groups in total. The number of carboxylic acid groups (broad SMARTS) is 1. The Morgan fingerprint density at radius 3 is 3.00 bits per heavy atom. The number of nitrogens with one attached hydrogen (secondary N) is 1. The molecule has 0 saturated heterocycles. The van der Waals surface area contributed by atoms with E-state index in [1.807, 2.05) is 19.1 Å². The quantitative estimate of drug-likeness (QED) is 0.780. The Morgan fingerprint density at radius 2 is 2.44 bits per heavy atom. The van der Waals surface area contributed by atoms with Crippen molar-refractivity contribution in [2.45, 2.75) is 19.8 Å². The summed E-state index contributed by atoms with van der Waals surface area (Å²) in [6, 6.07) is 3.71. The van der Waals surface area contributed by atoms with Crippen LogP contribution in [-0.4, -0.2) is 22.7 Å².